The molecule has 0 saturated heterocycles. The zero-order chi connectivity index (χ0) is 12.9. The molecular formula is C13H13ClN2OS. The number of fused-ring (bicyclic) bond motifs is 3. The van der Waals surface area contributed by atoms with Crippen molar-refractivity contribution in [3.63, 3.8) is 0 Å². The Bertz CT molecular complexity index is 609. The summed E-state index contributed by atoms with van der Waals surface area (Å²) in [6.45, 7) is 4.16. The lowest BCUT2D eigenvalue weighted by molar-refractivity contribution is 0.533. The molecule has 0 spiro atoms. The number of hydrogen-bond acceptors (Lipinski definition) is 2. The monoisotopic (exact) mass is 280 g/mol. The van der Waals surface area contributed by atoms with Crippen LogP contribution in [0.3, 0.4) is 0 Å². The molecular weight excluding hydrogens is 268 g/mol. The minimum atomic E-state index is -0.997. The van der Waals surface area contributed by atoms with E-state index in [0.717, 1.165) is 21.7 Å². The second kappa shape index (κ2) is 4.30. The summed E-state index contributed by atoms with van der Waals surface area (Å²) in [7, 11) is 0. The van der Waals surface area contributed by atoms with Gasteiger partial charge in [0, 0.05) is 22.8 Å². The fourth-order valence-electron chi connectivity index (χ4n) is 2.13. The minimum absolute atomic E-state index is 0.298. The third-order valence-electron chi connectivity index (χ3n) is 3.07. The number of aromatic nitrogens is 2. The van der Waals surface area contributed by atoms with E-state index < -0.39 is 11.2 Å². The van der Waals surface area contributed by atoms with E-state index in [-0.39, 0.29) is 0 Å². The lowest BCUT2D eigenvalue weighted by Gasteiger charge is -2.18. The van der Waals surface area contributed by atoms with Gasteiger partial charge < -0.3 is 4.55 Å². The van der Waals surface area contributed by atoms with E-state index in [1.165, 1.54) is 0 Å². The van der Waals surface area contributed by atoms with Gasteiger partial charge in [-0.2, -0.15) is 5.10 Å². The highest BCUT2D eigenvalue weighted by Crippen LogP contribution is 2.38. The van der Waals surface area contributed by atoms with E-state index in [2.05, 4.69) is 18.9 Å². The lowest BCUT2D eigenvalue weighted by Crippen LogP contribution is -2.11. The van der Waals surface area contributed by atoms with Crippen LogP contribution in [0.15, 0.2) is 29.3 Å². The molecule has 1 atom stereocenters. The highest BCUT2D eigenvalue weighted by atomic mass is 35.5. The summed E-state index contributed by atoms with van der Waals surface area (Å²) in [5.74, 6) is 0.538. The predicted octanol–water partition coefficient (Wildman–Crippen LogP) is 3.41. The zero-order valence-electron chi connectivity index (χ0n) is 10.2. The van der Waals surface area contributed by atoms with Crippen LogP contribution in [-0.2, 0) is 16.9 Å². The van der Waals surface area contributed by atoms with Crippen LogP contribution in [0.5, 0.6) is 0 Å². The van der Waals surface area contributed by atoms with E-state index >= 15 is 0 Å². The SMILES string of the molecule is CC(C)n1cc2c(n1)-c1cc(Cl)ccc1[S+]([O-])C2. The summed E-state index contributed by atoms with van der Waals surface area (Å²) in [5.41, 5.74) is 2.86. The average Bonchev–Trinajstić information content (AvgIpc) is 2.73. The van der Waals surface area contributed by atoms with Gasteiger partial charge in [0.15, 0.2) is 4.90 Å². The Balaban J connectivity index is 2.21. The van der Waals surface area contributed by atoms with Crippen molar-refractivity contribution in [2.75, 3.05) is 0 Å². The van der Waals surface area contributed by atoms with E-state index in [1.54, 1.807) is 6.07 Å². The number of hydrogen-bond donors (Lipinski definition) is 0. The van der Waals surface area contributed by atoms with Gasteiger partial charge in [-0.15, -0.1) is 0 Å². The number of halogens is 1. The van der Waals surface area contributed by atoms with Crippen LogP contribution in [0, 0.1) is 0 Å². The third kappa shape index (κ3) is 1.85. The molecule has 0 aliphatic carbocycles. The first-order valence-corrected chi connectivity index (χ1v) is 7.52. The Morgan fingerprint density at radius 3 is 2.94 bits per heavy atom. The van der Waals surface area contributed by atoms with Gasteiger partial charge in [0.25, 0.3) is 0 Å². The molecule has 18 heavy (non-hydrogen) atoms. The maximum atomic E-state index is 12.2. The van der Waals surface area contributed by atoms with E-state index in [4.69, 9.17) is 11.6 Å². The molecule has 1 aromatic heterocycles. The highest BCUT2D eigenvalue weighted by Gasteiger charge is 2.30. The molecule has 0 radical (unpaired) electrons. The summed E-state index contributed by atoms with van der Waals surface area (Å²) >= 11 is 5.03. The predicted molar refractivity (Wildman–Crippen MR) is 73.2 cm³/mol. The summed E-state index contributed by atoms with van der Waals surface area (Å²) < 4.78 is 14.1. The molecule has 0 N–H and O–H groups in total. The summed E-state index contributed by atoms with van der Waals surface area (Å²) in [5, 5.41) is 5.24. The van der Waals surface area contributed by atoms with Crippen molar-refractivity contribution in [3.8, 4) is 11.3 Å². The Morgan fingerprint density at radius 1 is 1.44 bits per heavy atom. The van der Waals surface area contributed by atoms with Gasteiger partial charge in [0.05, 0.1) is 5.56 Å². The van der Waals surface area contributed by atoms with Gasteiger partial charge in [-0.3, -0.25) is 4.68 Å². The molecule has 0 saturated carbocycles. The number of nitrogens with zero attached hydrogens (tertiary/aromatic N) is 2. The van der Waals surface area contributed by atoms with Crippen molar-refractivity contribution in [3.05, 3.63) is 35.0 Å². The van der Waals surface area contributed by atoms with Gasteiger partial charge >= 0.3 is 0 Å². The van der Waals surface area contributed by atoms with Gasteiger partial charge in [0.2, 0.25) is 0 Å². The fraction of sp³-hybridized carbons (Fsp3) is 0.308. The third-order valence-corrected chi connectivity index (χ3v) is 4.72. The van der Waals surface area contributed by atoms with Crippen molar-refractivity contribution in [2.24, 2.45) is 0 Å². The molecule has 2 aromatic rings. The Hall–Kier alpha value is -0.970. The molecule has 1 aromatic carbocycles. The van der Waals surface area contributed by atoms with Crippen molar-refractivity contribution < 1.29 is 4.55 Å². The van der Waals surface area contributed by atoms with Gasteiger partial charge in [-0.1, -0.05) is 11.6 Å². The van der Waals surface area contributed by atoms with E-state index in [0.29, 0.717) is 16.8 Å². The van der Waals surface area contributed by atoms with Crippen molar-refractivity contribution in [2.45, 2.75) is 30.5 Å². The average molecular weight is 281 g/mol. The summed E-state index contributed by atoms with van der Waals surface area (Å²) in [6, 6.07) is 5.77. The molecule has 3 rings (SSSR count). The zero-order valence-corrected chi connectivity index (χ0v) is 11.8. The van der Waals surface area contributed by atoms with Crippen LogP contribution in [0.2, 0.25) is 5.02 Å². The van der Waals surface area contributed by atoms with Gasteiger partial charge in [0.1, 0.15) is 11.4 Å². The second-order valence-corrected chi connectivity index (χ2v) is 6.56. The first-order chi connectivity index (χ1) is 8.56. The minimum Gasteiger partial charge on any atom is -0.611 e. The molecule has 0 bridgehead atoms. The fourth-order valence-corrected chi connectivity index (χ4v) is 3.57. The molecule has 3 nitrogen and oxygen atoms in total. The number of benzene rings is 1. The van der Waals surface area contributed by atoms with Crippen molar-refractivity contribution in [1.82, 2.24) is 9.78 Å². The first kappa shape index (κ1) is 12.1. The molecule has 94 valence electrons. The summed E-state index contributed by atoms with van der Waals surface area (Å²) in [4.78, 5) is 0.834. The molecule has 1 unspecified atom stereocenters. The van der Waals surface area contributed by atoms with Crippen LogP contribution >= 0.6 is 11.6 Å². The van der Waals surface area contributed by atoms with Crippen LogP contribution in [-0.4, -0.2) is 14.3 Å². The molecule has 1 aliphatic heterocycles. The molecule has 5 heteroatoms. The van der Waals surface area contributed by atoms with Crippen LogP contribution in [0.25, 0.3) is 11.3 Å². The molecule has 1 aliphatic rings. The Morgan fingerprint density at radius 2 is 2.22 bits per heavy atom. The Labute approximate surface area is 114 Å². The molecule has 2 heterocycles. The van der Waals surface area contributed by atoms with Gasteiger partial charge in [-0.25, -0.2) is 0 Å². The second-order valence-electron chi connectivity index (χ2n) is 4.71. The maximum absolute atomic E-state index is 12.2. The quantitative estimate of drug-likeness (QED) is 0.751. The smallest absolute Gasteiger partial charge is 0.162 e. The molecule has 0 amide bonds. The first-order valence-electron chi connectivity index (χ1n) is 5.82. The van der Waals surface area contributed by atoms with Gasteiger partial charge in [-0.05, 0) is 43.2 Å². The maximum Gasteiger partial charge on any atom is 0.162 e. The van der Waals surface area contributed by atoms with Crippen LogP contribution < -0.4 is 0 Å². The largest absolute Gasteiger partial charge is 0.611 e. The van der Waals surface area contributed by atoms with Crippen molar-refractivity contribution in [1.29, 1.82) is 0 Å². The topological polar surface area (TPSA) is 40.9 Å². The van der Waals surface area contributed by atoms with E-state index in [1.807, 2.05) is 23.0 Å². The highest BCUT2D eigenvalue weighted by molar-refractivity contribution is 7.90. The number of rotatable bonds is 1. The standard InChI is InChI=1S/C13H13ClN2OS/c1-8(2)16-6-9-7-18(17)12-4-3-10(14)5-11(12)13(9)15-16/h3-6,8H,7H2,1-2H3. The van der Waals surface area contributed by atoms with E-state index in [9.17, 15) is 4.55 Å². The normalized spacial score (nSPS) is 17.7. The Kier molecular flexibility index (Phi) is 2.88. The van der Waals surface area contributed by atoms with Crippen LogP contribution in [0.4, 0.5) is 0 Å². The van der Waals surface area contributed by atoms with Crippen LogP contribution in [0.1, 0.15) is 25.5 Å². The van der Waals surface area contributed by atoms with Crippen molar-refractivity contribution >= 4 is 22.8 Å². The lowest BCUT2D eigenvalue weighted by atomic mass is 10.1. The summed E-state index contributed by atoms with van der Waals surface area (Å²) in [6.07, 6.45) is 1.99. The molecule has 0 fully saturated rings.